The Kier molecular flexibility index (Phi) is 7.68. The highest BCUT2D eigenvalue weighted by atomic mass is 16.2. The maximum absolute atomic E-state index is 13.3. The van der Waals surface area contributed by atoms with E-state index in [0.29, 0.717) is 18.8 Å². The van der Waals surface area contributed by atoms with Gasteiger partial charge in [-0.3, -0.25) is 34.3 Å². The molecular formula is C31H33N7O4. The molecule has 2 aromatic carbocycles. The Labute approximate surface area is 243 Å². The molecule has 0 spiro atoms. The minimum absolute atomic E-state index is 0.0859. The molecule has 1 atom stereocenters. The van der Waals surface area contributed by atoms with E-state index < -0.39 is 29.7 Å². The molecule has 0 aliphatic carbocycles. The third kappa shape index (κ3) is 5.48. The van der Waals surface area contributed by atoms with Crippen molar-refractivity contribution in [1.29, 1.82) is 0 Å². The van der Waals surface area contributed by atoms with Gasteiger partial charge in [-0.1, -0.05) is 36.4 Å². The summed E-state index contributed by atoms with van der Waals surface area (Å²) < 4.78 is 0. The Morgan fingerprint density at radius 3 is 2.31 bits per heavy atom. The molecule has 216 valence electrons. The van der Waals surface area contributed by atoms with Crippen molar-refractivity contribution in [1.82, 2.24) is 20.1 Å². The summed E-state index contributed by atoms with van der Waals surface area (Å²) in [7, 11) is 0. The lowest BCUT2D eigenvalue weighted by atomic mass is 10.0. The number of amides is 4. The quantitative estimate of drug-likeness (QED) is 0.348. The number of fused-ring (bicyclic) bond motifs is 1. The van der Waals surface area contributed by atoms with Gasteiger partial charge in [0.1, 0.15) is 11.9 Å². The number of carbonyl (C=O) groups is 4. The number of nitrogens with zero attached hydrogens (tertiary/aromatic N) is 4. The maximum atomic E-state index is 13.3. The first-order valence-corrected chi connectivity index (χ1v) is 14.2. The number of rotatable bonds is 8. The van der Waals surface area contributed by atoms with E-state index in [9.17, 15) is 19.2 Å². The lowest BCUT2D eigenvalue weighted by Crippen LogP contribution is -2.54. The highest BCUT2D eigenvalue weighted by molar-refractivity contribution is 6.25. The maximum Gasteiger partial charge on any atom is 0.264 e. The fraction of sp³-hybridized carbons (Fsp3) is 0.323. The zero-order valence-electron chi connectivity index (χ0n) is 23.2. The van der Waals surface area contributed by atoms with Crippen LogP contribution >= 0.6 is 0 Å². The first-order chi connectivity index (χ1) is 20.4. The van der Waals surface area contributed by atoms with Crippen LogP contribution in [0.4, 0.5) is 11.5 Å². The number of imide groups is 2. The molecule has 2 saturated heterocycles. The number of anilines is 2. The van der Waals surface area contributed by atoms with Crippen LogP contribution in [0.15, 0.2) is 60.8 Å². The predicted octanol–water partition coefficient (Wildman–Crippen LogP) is 1.88. The van der Waals surface area contributed by atoms with Crippen molar-refractivity contribution in [2.24, 2.45) is 5.73 Å². The Hall–Kier alpha value is -4.61. The van der Waals surface area contributed by atoms with Crippen molar-refractivity contribution in [3.05, 3.63) is 88.6 Å². The van der Waals surface area contributed by atoms with Gasteiger partial charge in [0.05, 0.1) is 11.1 Å². The lowest BCUT2D eigenvalue weighted by molar-refractivity contribution is -0.136. The Morgan fingerprint density at radius 2 is 1.62 bits per heavy atom. The first-order valence-electron chi connectivity index (χ1n) is 14.2. The van der Waals surface area contributed by atoms with Gasteiger partial charge in [0.2, 0.25) is 11.8 Å². The number of pyridine rings is 1. The Bertz CT molecular complexity index is 1520. The summed E-state index contributed by atoms with van der Waals surface area (Å²) >= 11 is 0. The van der Waals surface area contributed by atoms with Gasteiger partial charge in [-0.15, -0.1) is 0 Å². The smallest absolute Gasteiger partial charge is 0.264 e. The van der Waals surface area contributed by atoms with Crippen LogP contribution in [-0.4, -0.2) is 70.6 Å². The van der Waals surface area contributed by atoms with Crippen LogP contribution in [0.5, 0.6) is 0 Å². The van der Waals surface area contributed by atoms with Crippen LogP contribution in [0, 0.1) is 0 Å². The molecule has 11 heteroatoms. The van der Waals surface area contributed by atoms with E-state index in [-0.39, 0.29) is 24.0 Å². The normalized spacial score (nSPS) is 19.2. The number of hydrogen-bond donors (Lipinski definition) is 3. The van der Waals surface area contributed by atoms with Crippen molar-refractivity contribution in [2.45, 2.75) is 38.5 Å². The minimum Gasteiger partial charge on any atom is -0.380 e. The highest BCUT2D eigenvalue weighted by Gasteiger charge is 2.45. The van der Waals surface area contributed by atoms with Crippen LogP contribution in [0.3, 0.4) is 0 Å². The number of hydrogen-bond acceptors (Lipinski definition) is 9. The molecule has 3 aromatic rings. The Balaban J connectivity index is 1.04. The SMILES string of the molecule is NCc1ccc(N2CCN(Cc3ccc(CNc4cccc5c4C(=O)N([C@H]4CCC(=O)NC4=O)C5=O)cc3)CC2)nc1. The molecule has 4 heterocycles. The summed E-state index contributed by atoms with van der Waals surface area (Å²) in [5.41, 5.74) is 10.0. The molecule has 11 nitrogen and oxygen atoms in total. The van der Waals surface area contributed by atoms with Gasteiger partial charge in [-0.25, -0.2) is 4.98 Å². The van der Waals surface area contributed by atoms with E-state index in [1.54, 1.807) is 18.2 Å². The number of aromatic nitrogens is 1. The molecular weight excluding hydrogens is 534 g/mol. The number of carbonyl (C=O) groups excluding carboxylic acids is 4. The highest BCUT2D eigenvalue weighted by Crippen LogP contribution is 2.32. The van der Waals surface area contributed by atoms with E-state index in [4.69, 9.17) is 5.73 Å². The second-order valence-corrected chi connectivity index (χ2v) is 10.8. The third-order valence-corrected chi connectivity index (χ3v) is 8.12. The molecule has 4 amide bonds. The molecule has 3 aliphatic rings. The summed E-state index contributed by atoms with van der Waals surface area (Å²) in [5.74, 6) is -1.06. The molecule has 4 N–H and O–H groups in total. The summed E-state index contributed by atoms with van der Waals surface area (Å²) in [5, 5.41) is 5.53. The van der Waals surface area contributed by atoms with E-state index in [0.717, 1.165) is 54.6 Å². The van der Waals surface area contributed by atoms with Gasteiger partial charge in [0.15, 0.2) is 0 Å². The van der Waals surface area contributed by atoms with Gasteiger partial charge in [-0.2, -0.15) is 0 Å². The summed E-state index contributed by atoms with van der Waals surface area (Å²) in [4.78, 5) is 60.6. The zero-order valence-corrected chi connectivity index (χ0v) is 23.2. The number of nitrogens with one attached hydrogen (secondary N) is 2. The van der Waals surface area contributed by atoms with Gasteiger partial charge in [0, 0.05) is 64.1 Å². The van der Waals surface area contributed by atoms with Crippen LogP contribution in [0.1, 0.15) is 50.2 Å². The number of benzene rings is 2. The number of nitrogens with two attached hydrogens (primary N) is 1. The minimum atomic E-state index is -0.988. The van der Waals surface area contributed by atoms with Crippen molar-refractivity contribution in [2.75, 3.05) is 36.4 Å². The van der Waals surface area contributed by atoms with Crippen LogP contribution < -0.4 is 21.3 Å². The average Bonchev–Trinajstić information content (AvgIpc) is 3.27. The summed E-state index contributed by atoms with van der Waals surface area (Å²) in [6, 6.07) is 16.5. The fourth-order valence-electron chi connectivity index (χ4n) is 5.74. The molecule has 0 unspecified atom stereocenters. The largest absolute Gasteiger partial charge is 0.380 e. The number of piperazine rings is 1. The van der Waals surface area contributed by atoms with Crippen LogP contribution in [-0.2, 0) is 29.2 Å². The molecule has 0 radical (unpaired) electrons. The fourth-order valence-corrected chi connectivity index (χ4v) is 5.74. The van der Waals surface area contributed by atoms with E-state index in [1.165, 1.54) is 5.56 Å². The van der Waals surface area contributed by atoms with Crippen molar-refractivity contribution >= 4 is 35.1 Å². The summed E-state index contributed by atoms with van der Waals surface area (Å²) in [6.07, 6.45) is 2.06. The molecule has 42 heavy (non-hydrogen) atoms. The molecule has 0 bridgehead atoms. The van der Waals surface area contributed by atoms with Crippen molar-refractivity contribution in [3.8, 4) is 0 Å². The van der Waals surface area contributed by atoms with Crippen molar-refractivity contribution < 1.29 is 19.2 Å². The Morgan fingerprint density at radius 1 is 0.881 bits per heavy atom. The molecule has 6 rings (SSSR count). The molecule has 1 aromatic heterocycles. The van der Waals surface area contributed by atoms with E-state index >= 15 is 0 Å². The number of piperidine rings is 1. The van der Waals surface area contributed by atoms with Gasteiger partial charge in [-0.05, 0) is 41.3 Å². The third-order valence-electron chi connectivity index (χ3n) is 8.12. The van der Waals surface area contributed by atoms with Crippen LogP contribution in [0.2, 0.25) is 0 Å². The lowest BCUT2D eigenvalue weighted by Gasteiger charge is -2.35. The predicted molar refractivity (Wildman–Crippen MR) is 157 cm³/mol. The van der Waals surface area contributed by atoms with E-state index in [1.807, 2.05) is 18.3 Å². The van der Waals surface area contributed by atoms with Gasteiger partial charge >= 0.3 is 0 Å². The molecule has 3 aliphatic heterocycles. The topological polar surface area (TPSA) is 141 Å². The average molecular weight is 568 g/mol. The molecule has 2 fully saturated rings. The second kappa shape index (κ2) is 11.7. The second-order valence-electron chi connectivity index (χ2n) is 10.8. The summed E-state index contributed by atoms with van der Waals surface area (Å²) in [6.45, 7) is 5.55. The monoisotopic (exact) mass is 567 g/mol. The van der Waals surface area contributed by atoms with E-state index in [2.05, 4.69) is 49.7 Å². The van der Waals surface area contributed by atoms with Gasteiger partial charge < -0.3 is 16.0 Å². The van der Waals surface area contributed by atoms with Crippen molar-refractivity contribution in [3.63, 3.8) is 0 Å². The van der Waals surface area contributed by atoms with Crippen LogP contribution in [0.25, 0.3) is 0 Å². The standard InChI is InChI=1S/C31H33N7O4/c32-16-22-8-10-26(34-18-22)37-14-12-36(13-15-37)19-21-6-4-20(5-7-21)17-33-24-3-1-2-23-28(24)31(42)38(30(23)41)25-9-11-27(39)35-29(25)40/h1-8,10,18,25,33H,9,11-17,19,32H2,(H,35,39,40)/t25-/m0/s1. The first kappa shape index (κ1) is 27.6. The molecule has 0 saturated carbocycles. The zero-order chi connectivity index (χ0) is 29.2. The van der Waals surface area contributed by atoms with Gasteiger partial charge in [0.25, 0.3) is 11.8 Å².